The fourth-order valence-corrected chi connectivity index (χ4v) is 4.94. The van der Waals surface area contributed by atoms with E-state index >= 15 is 0 Å². The Morgan fingerprint density at radius 3 is 2.31 bits per heavy atom. The summed E-state index contributed by atoms with van der Waals surface area (Å²) in [5.41, 5.74) is 1.93. The van der Waals surface area contributed by atoms with Crippen molar-refractivity contribution in [3.63, 3.8) is 0 Å². The van der Waals surface area contributed by atoms with Crippen LogP contribution in [0.15, 0.2) is 35.5 Å². The highest BCUT2D eigenvalue weighted by Gasteiger charge is 2.25. The van der Waals surface area contributed by atoms with Crippen molar-refractivity contribution >= 4 is 85.8 Å². The number of nitrogens with zero attached hydrogens (tertiary/aromatic N) is 5. The third-order valence-electron chi connectivity index (χ3n) is 4.75. The number of aliphatic hydroxyl groups is 1. The molecule has 4 aromatic rings. The number of hydrogen-bond donors (Lipinski definition) is 4. The molecule has 5 rings (SSSR count). The van der Waals surface area contributed by atoms with E-state index in [0.29, 0.717) is 6.42 Å². The molecule has 10 N–H and O–H groups in total. The van der Waals surface area contributed by atoms with Gasteiger partial charge in [0.15, 0.2) is 5.82 Å². The Balaban J connectivity index is -0.000000538. The van der Waals surface area contributed by atoms with Gasteiger partial charge in [-0.15, -0.1) is 47.5 Å². The van der Waals surface area contributed by atoms with Crippen molar-refractivity contribution in [1.29, 1.82) is 0 Å². The van der Waals surface area contributed by atoms with Gasteiger partial charge in [0.05, 0.1) is 20.4 Å². The average Bonchev–Trinajstić information content (AvgIpc) is 3.62. The number of carbonyl (C=O) groups is 1. The molecule has 5 heterocycles. The highest BCUT2D eigenvalue weighted by atomic mass is 127. The number of unbranched alkanes of at least 4 members (excludes halogenated alkanes) is 1. The Labute approximate surface area is 273 Å². The molecule has 0 radical (unpaired) electrons. The van der Waals surface area contributed by atoms with Crippen molar-refractivity contribution in [1.82, 2.24) is 32.2 Å². The second-order valence-electron chi connectivity index (χ2n) is 6.74. The molecule has 36 heavy (non-hydrogen) atoms. The van der Waals surface area contributed by atoms with Crippen LogP contribution in [0.1, 0.15) is 25.7 Å². The molecule has 0 saturated carbocycles. The van der Waals surface area contributed by atoms with Crippen molar-refractivity contribution in [2.45, 2.75) is 31.9 Å². The van der Waals surface area contributed by atoms with Crippen LogP contribution in [-0.2, 0) is 4.79 Å². The Hall–Kier alpha value is -0.730. The minimum Gasteiger partial charge on any atom is -1.00 e. The van der Waals surface area contributed by atoms with E-state index in [-0.39, 0.29) is 79.0 Å². The lowest BCUT2D eigenvalue weighted by atomic mass is 10.3. The lowest BCUT2D eigenvalue weighted by molar-refractivity contribution is -0.107. The first-order chi connectivity index (χ1) is 18.2. The first-order valence-electron chi connectivity index (χ1n) is 12.8. The molecule has 1 unspecified atom stereocenters. The molecule has 1 aliphatic heterocycles. The van der Waals surface area contributed by atoms with E-state index < -0.39 is 12.3 Å². The van der Waals surface area contributed by atoms with E-state index in [1.807, 2.05) is 27.8 Å². The molecule has 0 aliphatic carbocycles. The largest absolute Gasteiger partial charge is 1.00 e. The van der Waals surface area contributed by atoms with Crippen LogP contribution in [0.5, 0.6) is 0 Å². The quantitative estimate of drug-likeness (QED) is 0.112. The second-order valence-corrected chi connectivity index (χ2v) is 8.57. The van der Waals surface area contributed by atoms with E-state index in [4.69, 9.17) is 8.47 Å². The molecule has 16 heteroatoms. The number of rotatable bonds is 6. The number of fused-ring (bicyclic) bond motifs is 2. The van der Waals surface area contributed by atoms with Crippen molar-refractivity contribution in [2.75, 3.05) is 23.3 Å². The first kappa shape index (κ1) is 28.3. The molecule has 0 aromatic carbocycles. The van der Waals surface area contributed by atoms with Gasteiger partial charge in [-0.3, -0.25) is 0 Å². The average molecular weight is 817 g/mol. The minimum atomic E-state index is -0.833. The van der Waals surface area contributed by atoms with Gasteiger partial charge in [-0.25, -0.2) is 19.9 Å². The molecule has 0 amide bonds. The smallest absolute Gasteiger partial charge is 0.342 e. The first-order valence-corrected chi connectivity index (χ1v) is 11.5. The maximum atomic E-state index is 10.1. The van der Waals surface area contributed by atoms with Crippen LogP contribution in [0.25, 0.3) is 20.4 Å². The number of thiophene rings is 2. The minimum absolute atomic E-state index is 0. The van der Waals surface area contributed by atoms with E-state index in [2.05, 4.69) is 25.3 Å². The van der Waals surface area contributed by atoms with Gasteiger partial charge in [0, 0.05) is 19.5 Å². The van der Waals surface area contributed by atoms with Crippen molar-refractivity contribution in [3.8, 4) is 0 Å². The predicted octanol–water partition coefficient (Wildman–Crippen LogP) is -0.704. The van der Waals surface area contributed by atoms with Crippen molar-refractivity contribution < 1.29 is 66.3 Å². The molecular weight excluding hydrogens is 773 g/mol. The predicted molar refractivity (Wildman–Crippen MR) is 148 cm³/mol. The van der Waals surface area contributed by atoms with E-state index in [1.54, 1.807) is 35.3 Å². The maximum Gasteiger partial charge on any atom is 0.342 e. The number of carbonyl (C=O) groups excluding carboxylic acids is 1. The second kappa shape index (κ2) is 20.3. The summed E-state index contributed by atoms with van der Waals surface area (Å²) in [5.74, 6) is 1.74. The highest BCUT2D eigenvalue weighted by molar-refractivity contribution is 7.18. The van der Waals surface area contributed by atoms with Crippen LogP contribution in [0.2, 0.25) is 8.47 Å². The summed E-state index contributed by atoms with van der Waals surface area (Å²) in [4.78, 5) is 28.9. The van der Waals surface area contributed by atoms with E-state index in [0.717, 1.165) is 70.7 Å². The van der Waals surface area contributed by atoms with Crippen molar-refractivity contribution in [2.24, 2.45) is 0 Å². The fraction of sp³-hybridized carbons (Fsp3) is 0.350. The number of quaternary nitrogens is 2. The zero-order chi connectivity index (χ0) is 27.9. The van der Waals surface area contributed by atoms with Crippen molar-refractivity contribution in [3.05, 3.63) is 35.5 Å². The summed E-state index contributed by atoms with van der Waals surface area (Å²) >= 11 is 3.25. The van der Waals surface area contributed by atoms with Gasteiger partial charge in [-0.1, -0.05) is 0 Å². The Kier molecular flexibility index (Phi) is 15.9. The van der Waals surface area contributed by atoms with Gasteiger partial charge >= 0.3 is 8.47 Å². The molecule has 10 nitrogen and oxygen atoms in total. The van der Waals surface area contributed by atoms with Crippen LogP contribution in [-0.4, -0.2) is 50.6 Å². The Morgan fingerprint density at radius 1 is 1.08 bits per heavy atom. The summed E-state index contributed by atoms with van der Waals surface area (Å²) in [7, 11) is 0. The lowest BCUT2D eigenvalue weighted by Gasteiger charge is -2.21. The SMILES string of the molecule is Cl.Cl.O=CCCCNc1ncnc2ccsc12.OC1CCCN1c1ncnc2ccsc12.[3H][NH+]([3H])[3H].[3H][NH+]([3H])[3H].[I-].[I-]. The van der Waals surface area contributed by atoms with E-state index in [1.165, 1.54) is 0 Å². The van der Waals surface area contributed by atoms with Gasteiger partial charge in [0.2, 0.25) is 0 Å². The zero-order valence-corrected chi connectivity index (χ0v) is 26.4. The zero-order valence-electron chi connectivity index (χ0n) is 24.8. The summed E-state index contributed by atoms with van der Waals surface area (Å²) in [6.45, 7) is 1.65. The number of halogens is 4. The monoisotopic (exact) mass is 816 g/mol. The summed E-state index contributed by atoms with van der Waals surface area (Å²) in [6.07, 6.45) is 5.28. The molecule has 1 fully saturated rings. The van der Waals surface area contributed by atoms with Crippen LogP contribution in [0, 0.1) is 0 Å². The van der Waals surface area contributed by atoms with Crippen LogP contribution < -0.4 is 70.4 Å². The molecule has 0 spiro atoms. The maximum absolute atomic E-state index is 10.1. The number of hydrogen-bond acceptors (Lipinski definition) is 10. The summed E-state index contributed by atoms with van der Waals surface area (Å²) in [6, 6.07) is 3.95. The third kappa shape index (κ3) is 9.86. The standard InChI is InChI=1S/2C10H11N3OS.2ClH.2HI.2H3N/c14-8-2-1-4-13(8)10-9-7(3-5-15-9)11-6-12-10;14-5-2-1-4-11-10-9-8(3-6-15-9)12-7-13-10;;;;;;/h3,5-6,8,14H,1-2,4H2;3,5-7H,1-2,4H2,(H,11,12,13);4*1H;2*1H3/i/hT6. The number of nitrogens with one attached hydrogen (secondary N) is 1. The van der Waals surface area contributed by atoms with Gasteiger partial charge in [0.25, 0.3) is 0 Å². The van der Waals surface area contributed by atoms with Gasteiger partial charge in [0.1, 0.15) is 31.0 Å². The molecule has 1 saturated heterocycles. The third-order valence-corrected chi connectivity index (χ3v) is 6.56. The fourth-order valence-electron chi connectivity index (χ4n) is 3.28. The lowest BCUT2D eigenvalue weighted by Crippen LogP contribution is -3.00. The summed E-state index contributed by atoms with van der Waals surface area (Å²) < 4.78 is 37.1. The van der Waals surface area contributed by atoms with Crippen LogP contribution in [0.4, 0.5) is 11.6 Å². The van der Waals surface area contributed by atoms with Crippen LogP contribution >= 0.6 is 47.5 Å². The number of anilines is 2. The molecular formula is C20H32Cl2I2N8O2S2. The number of aliphatic hydroxyl groups excluding tert-OH is 1. The number of aldehydes is 1. The Bertz CT molecular complexity index is 1250. The summed E-state index contributed by atoms with van der Waals surface area (Å²) in [5, 5.41) is 17.0. The Morgan fingerprint density at radius 2 is 1.69 bits per heavy atom. The normalized spacial score (nSPS) is 15.4. The molecule has 204 valence electrons. The molecule has 1 aliphatic rings. The van der Waals surface area contributed by atoms with Gasteiger partial charge < -0.3 is 80.3 Å². The molecule has 1 atom stereocenters. The van der Waals surface area contributed by atoms with Crippen LogP contribution in [0.3, 0.4) is 0 Å². The van der Waals surface area contributed by atoms with Gasteiger partial charge in [-0.2, -0.15) is 0 Å². The highest BCUT2D eigenvalue weighted by Crippen LogP contribution is 2.31. The topological polar surface area (TPSA) is 177 Å². The molecule has 0 bridgehead atoms. The van der Waals surface area contributed by atoms with E-state index in [9.17, 15) is 9.90 Å². The molecule has 4 aromatic heterocycles. The van der Waals surface area contributed by atoms with Gasteiger partial charge in [-0.05, 0) is 42.2 Å². The number of aromatic nitrogens is 4.